The van der Waals surface area contributed by atoms with E-state index in [1.807, 2.05) is 0 Å². The Labute approximate surface area is 119 Å². The van der Waals surface area contributed by atoms with Gasteiger partial charge in [-0.25, -0.2) is 0 Å². The van der Waals surface area contributed by atoms with E-state index in [0.717, 1.165) is 24.7 Å². The molecule has 0 spiro atoms. The molecular weight excluding hydrogens is 232 g/mol. The first kappa shape index (κ1) is 15.1. The zero-order chi connectivity index (χ0) is 14.4. The molecule has 0 heterocycles. The molecule has 2 aliphatic carbocycles. The normalized spacial score (nSPS) is 43.7. The van der Waals surface area contributed by atoms with Crippen LogP contribution >= 0.6 is 0 Å². The van der Waals surface area contributed by atoms with Crippen LogP contribution in [-0.4, -0.2) is 5.78 Å². The quantitative estimate of drug-likeness (QED) is 0.690. The van der Waals surface area contributed by atoms with Crippen LogP contribution in [0.4, 0.5) is 0 Å². The van der Waals surface area contributed by atoms with Crippen LogP contribution in [0.3, 0.4) is 0 Å². The summed E-state index contributed by atoms with van der Waals surface area (Å²) < 4.78 is 0. The largest absolute Gasteiger partial charge is 0.299 e. The van der Waals surface area contributed by atoms with E-state index in [9.17, 15) is 4.79 Å². The minimum Gasteiger partial charge on any atom is -0.299 e. The predicted molar refractivity (Wildman–Crippen MR) is 80.9 cm³/mol. The van der Waals surface area contributed by atoms with Gasteiger partial charge in [0.1, 0.15) is 5.78 Å². The van der Waals surface area contributed by atoms with Gasteiger partial charge in [-0.1, -0.05) is 48.0 Å². The summed E-state index contributed by atoms with van der Waals surface area (Å²) >= 11 is 0. The molecule has 0 aromatic heterocycles. The van der Waals surface area contributed by atoms with Gasteiger partial charge in [0.25, 0.3) is 0 Å². The van der Waals surface area contributed by atoms with Crippen molar-refractivity contribution in [2.24, 2.45) is 40.9 Å². The number of ketones is 1. The van der Waals surface area contributed by atoms with Crippen molar-refractivity contribution in [2.75, 3.05) is 0 Å². The second kappa shape index (κ2) is 5.22. The molecular formula is C18H32O. The Hall–Kier alpha value is -0.330. The molecule has 110 valence electrons. The Morgan fingerprint density at radius 2 is 1.79 bits per heavy atom. The van der Waals surface area contributed by atoms with Crippen molar-refractivity contribution >= 4 is 5.78 Å². The average Bonchev–Trinajstić information content (AvgIpc) is 2.30. The highest BCUT2D eigenvalue weighted by Crippen LogP contribution is 2.58. The number of carbonyl (C=O) groups is 1. The first-order chi connectivity index (χ1) is 8.77. The lowest BCUT2D eigenvalue weighted by molar-refractivity contribution is -0.148. The van der Waals surface area contributed by atoms with E-state index in [0.29, 0.717) is 29.5 Å². The number of rotatable bonds is 2. The van der Waals surface area contributed by atoms with E-state index in [-0.39, 0.29) is 5.41 Å². The molecule has 1 heteroatoms. The van der Waals surface area contributed by atoms with Crippen molar-refractivity contribution in [3.63, 3.8) is 0 Å². The second-order valence-corrected chi connectivity index (χ2v) is 8.29. The monoisotopic (exact) mass is 264 g/mol. The predicted octanol–water partition coefficient (Wildman–Crippen LogP) is 4.95. The summed E-state index contributed by atoms with van der Waals surface area (Å²) in [5, 5.41) is 0. The van der Waals surface area contributed by atoms with E-state index in [1.165, 1.54) is 12.8 Å². The molecule has 0 bridgehead atoms. The first-order valence-electron chi connectivity index (χ1n) is 8.30. The van der Waals surface area contributed by atoms with Crippen LogP contribution in [-0.2, 0) is 4.79 Å². The third-order valence-corrected chi connectivity index (χ3v) is 6.23. The summed E-state index contributed by atoms with van der Waals surface area (Å²) in [6.45, 7) is 14.1. The maximum absolute atomic E-state index is 12.7. The highest BCUT2D eigenvalue weighted by Gasteiger charge is 2.54. The van der Waals surface area contributed by atoms with Gasteiger partial charge < -0.3 is 0 Å². The minimum atomic E-state index is 0.269. The Kier molecular flexibility index (Phi) is 4.14. The van der Waals surface area contributed by atoms with Gasteiger partial charge in [0.2, 0.25) is 0 Å². The number of carbonyl (C=O) groups excluding carboxylic acids is 1. The molecule has 0 aliphatic heterocycles. The fourth-order valence-corrected chi connectivity index (χ4v) is 5.32. The van der Waals surface area contributed by atoms with Crippen LogP contribution in [0.5, 0.6) is 0 Å². The number of hydrogen-bond donors (Lipinski definition) is 0. The summed E-state index contributed by atoms with van der Waals surface area (Å²) in [7, 11) is 0. The minimum absolute atomic E-state index is 0.269. The standard InChI is InChI=1S/C18H32O/c1-11(2)14-10-16(19)15-9-13(5)7-8-18(15,6)17(14)12(3)4/h11-15,17H,7-10H2,1-6H3. The van der Waals surface area contributed by atoms with Crippen molar-refractivity contribution in [1.82, 2.24) is 0 Å². The number of fused-ring (bicyclic) bond motifs is 1. The average molecular weight is 264 g/mol. The molecule has 2 rings (SSSR count). The summed E-state index contributed by atoms with van der Waals surface area (Å²) in [6.07, 6.45) is 4.56. The van der Waals surface area contributed by atoms with Gasteiger partial charge in [-0.3, -0.25) is 4.79 Å². The number of hydrogen-bond acceptors (Lipinski definition) is 1. The van der Waals surface area contributed by atoms with Crippen molar-refractivity contribution < 1.29 is 4.79 Å². The highest BCUT2D eigenvalue weighted by molar-refractivity contribution is 5.83. The molecule has 0 N–H and O–H groups in total. The topological polar surface area (TPSA) is 17.1 Å². The van der Waals surface area contributed by atoms with Gasteiger partial charge >= 0.3 is 0 Å². The SMILES string of the molecule is CC1CCC2(C)C(C1)C(=O)CC(C(C)C)C2C(C)C. The maximum Gasteiger partial charge on any atom is 0.136 e. The van der Waals surface area contributed by atoms with Gasteiger partial charge in [-0.15, -0.1) is 0 Å². The Morgan fingerprint density at radius 3 is 2.32 bits per heavy atom. The second-order valence-electron chi connectivity index (χ2n) is 8.29. The zero-order valence-corrected chi connectivity index (χ0v) is 13.7. The lowest BCUT2D eigenvalue weighted by Crippen LogP contribution is -2.53. The fraction of sp³-hybridized carbons (Fsp3) is 0.944. The van der Waals surface area contributed by atoms with Crippen molar-refractivity contribution in [3.05, 3.63) is 0 Å². The van der Waals surface area contributed by atoms with E-state index < -0.39 is 0 Å². The Balaban J connectivity index is 2.37. The molecule has 0 saturated heterocycles. The van der Waals surface area contributed by atoms with Crippen molar-refractivity contribution in [2.45, 2.75) is 67.2 Å². The van der Waals surface area contributed by atoms with Gasteiger partial charge in [0.05, 0.1) is 0 Å². The van der Waals surface area contributed by atoms with Gasteiger partial charge in [0, 0.05) is 12.3 Å². The van der Waals surface area contributed by atoms with Crippen LogP contribution in [0, 0.1) is 40.9 Å². The van der Waals surface area contributed by atoms with E-state index in [2.05, 4.69) is 41.5 Å². The molecule has 0 amide bonds. The van der Waals surface area contributed by atoms with Crippen LogP contribution in [0.2, 0.25) is 0 Å². The van der Waals surface area contributed by atoms with Crippen molar-refractivity contribution in [3.8, 4) is 0 Å². The van der Waals surface area contributed by atoms with Gasteiger partial charge in [0.15, 0.2) is 0 Å². The van der Waals surface area contributed by atoms with Gasteiger partial charge in [-0.2, -0.15) is 0 Å². The lowest BCUT2D eigenvalue weighted by Gasteiger charge is -2.56. The Morgan fingerprint density at radius 1 is 1.16 bits per heavy atom. The van der Waals surface area contributed by atoms with Crippen LogP contribution in [0.1, 0.15) is 67.2 Å². The molecule has 1 nitrogen and oxygen atoms in total. The van der Waals surface area contributed by atoms with Crippen LogP contribution in [0.25, 0.3) is 0 Å². The maximum atomic E-state index is 12.7. The number of Topliss-reactive ketones (excluding diaryl/α,β-unsaturated/α-hetero) is 1. The van der Waals surface area contributed by atoms with Crippen molar-refractivity contribution in [1.29, 1.82) is 0 Å². The van der Waals surface area contributed by atoms with E-state index in [1.54, 1.807) is 0 Å². The molecule has 5 unspecified atom stereocenters. The Bertz CT molecular complexity index is 344. The first-order valence-corrected chi connectivity index (χ1v) is 8.30. The third-order valence-electron chi connectivity index (χ3n) is 6.23. The molecule has 2 saturated carbocycles. The molecule has 0 aromatic rings. The molecule has 2 aliphatic rings. The van der Waals surface area contributed by atoms with Gasteiger partial charge in [-0.05, 0) is 47.8 Å². The summed E-state index contributed by atoms with van der Waals surface area (Å²) in [5.41, 5.74) is 0.269. The third kappa shape index (κ3) is 2.50. The van der Waals surface area contributed by atoms with E-state index in [4.69, 9.17) is 0 Å². The van der Waals surface area contributed by atoms with Crippen LogP contribution < -0.4 is 0 Å². The highest BCUT2D eigenvalue weighted by atomic mass is 16.1. The summed E-state index contributed by atoms with van der Waals surface area (Å²) in [5.74, 6) is 4.31. The summed E-state index contributed by atoms with van der Waals surface area (Å²) in [4.78, 5) is 12.7. The van der Waals surface area contributed by atoms with E-state index >= 15 is 0 Å². The zero-order valence-electron chi connectivity index (χ0n) is 13.7. The molecule has 5 atom stereocenters. The summed E-state index contributed by atoms with van der Waals surface area (Å²) in [6, 6.07) is 0. The lowest BCUT2D eigenvalue weighted by atomic mass is 9.47. The molecule has 0 aromatic carbocycles. The molecule has 0 radical (unpaired) electrons. The smallest absolute Gasteiger partial charge is 0.136 e. The fourth-order valence-electron chi connectivity index (χ4n) is 5.32. The molecule has 2 fully saturated rings. The molecule has 19 heavy (non-hydrogen) atoms. The van der Waals surface area contributed by atoms with Crippen LogP contribution in [0.15, 0.2) is 0 Å².